The van der Waals surface area contributed by atoms with Crippen LogP contribution in [0.4, 0.5) is 14.6 Å². The molecule has 0 spiro atoms. The Labute approximate surface area is 134 Å². The molecule has 0 bridgehead atoms. The minimum Gasteiger partial charge on any atom is -0.363 e. The number of hydrogen-bond donors (Lipinski definition) is 1. The number of aromatic nitrogens is 2. The standard InChI is InChI=1S/C17H20F2N4/c1-23-9-6-15(14(19)11-23)22-17-16(20-7-8-21-17)10-12-2-4-13(18)5-3-12/h2-5,7-8,14-15H,6,9-11H2,1H3,(H,21,22)/t14-,15-/m1/s1. The summed E-state index contributed by atoms with van der Waals surface area (Å²) >= 11 is 0. The van der Waals surface area contributed by atoms with Gasteiger partial charge in [0.1, 0.15) is 17.8 Å². The monoisotopic (exact) mass is 318 g/mol. The van der Waals surface area contributed by atoms with Crippen LogP contribution in [0.3, 0.4) is 0 Å². The first-order chi connectivity index (χ1) is 11.1. The Balaban J connectivity index is 1.74. The average Bonchev–Trinajstić information content (AvgIpc) is 2.54. The maximum absolute atomic E-state index is 14.2. The zero-order valence-corrected chi connectivity index (χ0v) is 13.0. The van der Waals surface area contributed by atoms with E-state index in [0.717, 1.165) is 24.2 Å². The van der Waals surface area contributed by atoms with E-state index in [9.17, 15) is 8.78 Å². The number of alkyl halides is 1. The van der Waals surface area contributed by atoms with Crippen LogP contribution < -0.4 is 5.32 Å². The van der Waals surface area contributed by atoms with Crippen molar-refractivity contribution >= 4 is 5.82 Å². The molecule has 1 aromatic carbocycles. The maximum Gasteiger partial charge on any atom is 0.148 e. The third-order valence-corrected chi connectivity index (χ3v) is 4.13. The smallest absolute Gasteiger partial charge is 0.148 e. The number of halogens is 2. The summed E-state index contributed by atoms with van der Waals surface area (Å²) in [4.78, 5) is 10.6. The molecule has 1 saturated heterocycles. The van der Waals surface area contributed by atoms with Gasteiger partial charge in [0.05, 0.1) is 11.7 Å². The molecule has 0 aliphatic carbocycles. The van der Waals surface area contributed by atoms with Crippen LogP contribution in [-0.4, -0.2) is 47.2 Å². The van der Waals surface area contributed by atoms with Crippen LogP contribution >= 0.6 is 0 Å². The highest BCUT2D eigenvalue weighted by molar-refractivity contribution is 5.43. The second-order valence-corrected chi connectivity index (χ2v) is 5.97. The van der Waals surface area contributed by atoms with Crippen molar-refractivity contribution in [2.45, 2.75) is 25.1 Å². The van der Waals surface area contributed by atoms with Crippen LogP contribution in [0.1, 0.15) is 17.7 Å². The molecule has 4 nitrogen and oxygen atoms in total. The van der Waals surface area contributed by atoms with Gasteiger partial charge in [-0.1, -0.05) is 12.1 Å². The summed E-state index contributed by atoms with van der Waals surface area (Å²) in [5.41, 5.74) is 1.68. The van der Waals surface area contributed by atoms with Crippen LogP contribution in [0.25, 0.3) is 0 Å². The fourth-order valence-electron chi connectivity index (χ4n) is 2.81. The maximum atomic E-state index is 14.2. The number of likely N-dealkylation sites (tertiary alicyclic amines) is 1. The molecule has 0 unspecified atom stereocenters. The molecule has 2 aromatic rings. The van der Waals surface area contributed by atoms with Crippen molar-refractivity contribution in [1.82, 2.24) is 14.9 Å². The Morgan fingerprint density at radius 1 is 1.22 bits per heavy atom. The predicted molar refractivity (Wildman–Crippen MR) is 85.7 cm³/mol. The normalized spacial score (nSPS) is 22.0. The van der Waals surface area contributed by atoms with Gasteiger partial charge in [-0.2, -0.15) is 0 Å². The summed E-state index contributed by atoms with van der Waals surface area (Å²) in [6.45, 7) is 1.27. The number of benzene rings is 1. The van der Waals surface area contributed by atoms with Gasteiger partial charge < -0.3 is 10.2 Å². The molecule has 2 atom stereocenters. The number of rotatable bonds is 4. The summed E-state index contributed by atoms with van der Waals surface area (Å²) in [6.07, 6.45) is 3.53. The molecule has 1 N–H and O–H groups in total. The molecule has 6 heteroatoms. The molecule has 0 saturated carbocycles. The lowest BCUT2D eigenvalue weighted by Gasteiger charge is -2.33. The van der Waals surface area contributed by atoms with Crippen LogP contribution in [0.2, 0.25) is 0 Å². The number of nitrogens with one attached hydrogen (secondary N) is 1. The predicted octanol–water partition coefficient (Wildman–Crippen LogP) is 2.66. The number of anilines is 1. The zero-order valence-electron chi connectivity index (χ0n) is 13.0. The minimum atomic E-state index is -0.936. The van der Waals surface area contributed by atoms with Crippen LogP contribution in [0.5, 0.6) is 0 Å². The van der Waals surface area contributed by atoms with Crippen molar-refractivity contribution in [3.8, 4) is 0 Å². The molecule has 1 aliphatic rings. The van der Waals surface area contributed by atoms with Crippen molar-refractivity contribution < 1.29 is 8.78 Å². The van der Waals surface area contributed by atoms with Gasteiger partial charge in [-0.15, -0.1) is 0 Å². The van der Waals surface area contributed by atoms with Gasteiger partial charge >= 0.3 is 0 Å². The molecule has 1 aliphatic heterocycles. The molecule has 1 fully saturated rings. The summed E-state index contributed by atoms with van der Waals surface area (Å²) in [6, 6.07) is 6.04. The van der Waals surface area contributed by atoms with E-state index in [1.807, 2.05) is 11.9 Å². The molecular weight excluding hydrogens is 298 g/mol. The Hall–Kier alpha value is -2.08. The first kappa shape index (κ1) is 15.8. The van der Waals surface area contributed by atoms with Crippen molar-refractivity contribution in [2.75, 3.05) is 25.5 Å². The second-order valence-electron chi connectivity index (χ2n) is 5.97. The van der Waals surface area contributed by atoms with Crippen LogP contribution in [0, 0.1) is 5.82 Å². The topological polar surface area (TPSA) is 41.0 Å². The van der Waals surface area contributed by atoms with Gasteiger partial charge in [0, 0.05) is 31.9 Å². The number of piperidine rings is 1. The van der Waals surface area contributed by atoms with Crippen molar-refractivity contribution in [2.24, 2.45) is 0 Å². The summed E-state index contributed by atoms with van der Waals surface area (Å²) in [5, 5.41) is 3.20. The SMILES string of the molecule is CN1CC[C@@H](Nc2nccnc2Cc2ccc(F)cc2)[C@H](F)C1. The van der Waals surface area contributed by atoms with Gasteiger partial charge in [0.15, 0.2) is 0 Å². The quantitative estimate of drug-likeness (QED) is 0.941. The fraction of sp³-hybridized carbons (Fsp3) is 0.412. The summed E-state index contributed by atoms with van der Waals surface area (Å²) in [7, 11) is 1.92. The van der Waals surface area contributed by atoms with Crippen molar-refractivity contribution in [1.29, 1.82) is 0 Å². The zero-order chi connectivity index (χ0) is 16.2. The molecule has 2 heterocycles. The molecule has 23 heavy (non-hydrogen) atoms. The largest absolute Gasteiger partial charge is 0.363 e. The van der Waals surface area contributed by atoms with Gasteiger partial charge in [-0.05, 0) is 31.2 Å². The molecule has 0 amide bonds. The number of hydrogen-bond acceptors (Lipinski definition) is 4. The van der Waals surface area contributed by atoms with Crippen LogP contribution in [0.15, 0.2) is 36.7 Å². The highest BCUT2D eigenvalue weighted by Gasteiger charge is 2.28. The Morgan fingerprint density at radius 2 is 1.96 bits per heavy atom. The van der Waals surface area contributed by atoms with Gasteiger partial charge in [0.25, 0.3) is 0 Å². The van der Waals surface area contributed by atoms with Crippen molar-refractivity contribution in [3.05, 3.63) is 53.7 Å². The van der Waals surface area contributed by atoms with Crippen LogP contribution in [-0.2, 0) is 6.42 Å². The Kier molecular flexibility index (Phi) is 4.81. The lowest BCUT2D eigenvalue weighted by molar-refractivity contribution is 0.149. The first-order valence-corrected chi connectivity index (χ1v) is 7.75. The van der Waals surface area contributed by atoms with E-state index in [4.69, 9.17) is 0 Å². The summed E-state index contributed by atoms with van der Waals surface area (Å²) < 4.78 is 27.2. The highest BCUT2D eigenvalue weighted by atomic mass is 19.1. The van der Waals surface area contributed by atoms with E-state index >= 15 is 0 Å². The first-order valence-electron chi connectivity index (χ1n) is 7.75. The second kappa shape index (κ2) is 7.00. The molecule has 3 rings (SSSR count). The van der Waals surface area contributed by atoms with E-state index in [0.29, 0.717) is 18.8 Å². The molecule has 122 valence electrons. The summed E-state index contributed by atoms with van der Waals surface area (Å²) in [5.74, 6) is 0.340. The van der Waals surface area contributed by atoms with E-state index in [1.165, 1.54) is 12.1 Å². The lowest BCUT2D eigenvalue weighted by atomic mass is 10.0. The van der Waals surface area contributed by atoms with E-state index < -0.39 is 6.17 Å². The average molecular weight is 318 g/mol. The highest BCUT2D eigenvalue weighted by Crippen LogP contribution is 2.20. The number of nitrogens with zero attached hydrogens (tertiary/aromatic N) is 3. The van der Waals surface area contributed by atoms with Gasteiger partial charge in [-0.25, -0.2) is 13.8 Å². The third-order valence-electron chi connectivity index (χ3n) is 4.13. The fourth-order valence-corrected chi connectivity index (χ4v) is 2.81. The van der Waals surface area contributed by atoms with E-state index in [2.05, 4.69) is 15.3 Å². The van der Waals surface area contributed by atoms with Crippen molar-refractivity contribution in [3.63, 3.8) is 0 Å². The Morgan fingerprint density at radius 3 is 2.70 bits per heavy atom. The van der Waals surface area contributed by atoms with E-state index in [1.54, 1.807) is 24.5 Å². The lowest BCUT2D eigenvalue weighted by Crippen LogP contribution is -2.46. The molecule has 0 radical (unpaired) electrons. The third kappa shape index (κ3) is 4.01. The minimum absolute atomic E-state index is 0.255. The van der Waals surface area contributed by atoms with Gasteiger partial charge in [0.2, 0.25) is 0 Å². The van der Waals surface area contributed by atoms with E-state index in [-0.39, 0.29) is 11.9 Å². The molecule has 1 aromatic heterocycles. The Bertz CT molecular complexity index is 647. The van der Waals surface area contributed by atoms with Gasteiger partial charge in [-0.3, -0.25) is 4.98 Å². The molecular formula is C17H20F2N4.